The zero-order valence-electron chi connectivity index (χ0n) is 18.6. The van der Waals surface area contributed by atoms with Gasteiger partial charge in [0, 0.05) is 68.9 Å². The molecule has 168 valence electrons. The number of imidazole rings is 1. The van der Waals surface area contributed by atoms with Crippen LogP contribution in [0.1, 0.15) is 44.0 Å². The number of benzene rings is 1. The molecule has 0 aliphatic carbocycles. The predicted octanol–water partition coefficient (Wildman–Crippen LogP) is 3.50. The summed E-state index contributed by atoms with van der Waals surface area (Å²) in [6.07, 6.45) is 8.39. The second-order valence-electron chi connectivity index (χ2n) is 8.98. The molecular weight excluding hydrogens is 395 g/mol. The van der Waals surface area contributed by atoms with Gasteiger partial charge < -0.3 is 14.2 Å². The molecule has 1 atom stereocenters. The standard InChI is InChI=1S/C24H33FN4O2/c1-3-22-26-10-14-28(22)12-7-23(30)29-13-9-24(18-29)8-4-11-27(17-24)16-19-15-20(31-2)5-6-21(19)25/h5-6,10,14-15H,3-4,7-9,11-13,16-18H2,1-2H3. The van der Waals surface area contributed by atoms with Crippen molar-refractivity contribution in [1.82, 2.24) is 19.4 Å². The molecule has 0 bridgehead atoms. The first-order chi connectivity index (χ1) is 15.0. The number of nitrogens with zero attached hydrogens (tertiary/aromatic N) is 4. The van der Waals surface area contributed by atoms with E-state index in [1.54, 1.807) is 25.4 Å². The van der Waals surface area contributed by atoms with Gasteiger partial charge in [0.1, 0.15) is 17.4 Å². The van der Waals surface area contributed by atoms with Crippen LogP contribution in [-0.4, -0.2) is 58.5 Å². The quantitative estimate of drug-likeness (QED) is 0.677. The third-order valence-electron chi connectivity index (χ3n) is 6.86. The van der Waals surface area contributed by atoms with Crippen LogP contribution in [0.4, 0.5) is 4.39 Å². The van der Waals surface area contributed by atoms with E-state index in [-0.39, 0.29) is 17.1 Å². The highest BCUT2D eigenvalue weighted by molar-refractivity contribution is 5.76. The van der Waals surface area contributed by atoms with Gasteiger partial charge in [0.25, 0.3) is 0 Å². The van der Waals surface area contributed by atoms with Crippen molar-refractivity contribution in [1.29, 1.82) is 0 Å². The Balaban J connectivity index is 1.34. The van der Waals surface area contributed by atoms with Gasteiger partial charge >= 0.3 is 0 Å². The molecule has 1 aromatic heterocycles. The van der Waals surface area contributed by atoms with Crippen LogP contribution >= 0.6 is 0 Å². The highest BCUT2D eigenvalue weighted by Crippen LogP contribution is 2.39. The summed E-state index contributed by atoms with van der Waals surface area (Å²) < 4.78 is 21.7. The molecule has 2 aliphatic rings. The summed E-state index contributed by atoms with van der Waals surface area (Å²) in [5.74, 6) is 1.75. The zero-order valence-corrected chi connectivity index (χ0v) is 18.6. The van der Waals surface area contributed by atoms with Crippen LogP contribution in [0, 0.1) is 11.2 Å². The number of rotatable bonds is 7. The largest absolute Gasteiger partial charge is 0.497 e. The maximum absolute atomic E-state index is 14.3. The summed E-state index contributed by atoms with van der Waals surface area (Å²) >= 11 is 0. The molecule has 1 spiro atoms. The Morgan fingerprint density at radius 3 is 2.94 bits per heavy atom. The van der Waals surface area contributed by atoms with Crippen LogP contribution in [0.5, 0.6) is 5.75 Å². The highest BCUT2D eigenvalue weighted by Gasteiger charge is 2.42. The molecule has 0 N–H and O–H groups in total. The van der Waals surface area contributed by atoms with Crippen molar-refractivity contribution in [3.63, 3.8) is 0 Å². The van der Waals surface area contributed by atoms with Crippen molar-refractivity contribution in [2.75, 3.05) is 33.3 Å². The molecule has 2 aromatic rings. The third kappa shape index (κ3) is 4.92. The monoisotopic (exact) mass is 428 g/mol. The number of aryl methyl sites for hydroxylation is 2. The fraction of sp³-hybridized carbons (Fsp3) is 0.583. The number of methoxy groups -OCH3 is 1. The van der Waals surface area contributed by atoms with Crippen molar-refractivity contribution in [2.24, 2.45) is 5.41 Å². The first-order valence-electron chi connectivity index (χ1n) is 11.3. The number of hydrogen-bond donors (Lipinski definition) is 0. The molecule has 0 radical (unpaired) electrons. The van der Waals surface area contributed by atoms with Crippen molar-refractivity contribution in [3.05, 3.63) is 47.8 Å². The van der Waals surface area contributed by atoms with E-state index in [9.17, 15) is 9.18 Å². The van der Waals surface area contributed by atoms with E-state index >= 15 is 0 Å². The molecular formula is C24H33FN4O2. The second-order valence-corrected chi connectivity index (χ2v) is 8.98. The number of likely N-dealkylation sites (tertiary alicyclic amines) is 2. The van der Waals surface area contributed by atoms with Gasteiger partial charge in [0.05, 0.1) is 7.11 Å². The van der Waals surface area contributed by atoms with Gasteiger partial charge in [-0.1, -0.05) is 6.92 Å². The minimum absolute atomic E-state index is 0.132. The summed E-state index contributed by atoms with van der Waals surface area (Å²) in [6, 6.07) is 4.93. The van der Waals surface area contributed by atoms with Gasteiger partial charge in [-0.2, -0.15) is 0 Å². The number of ether oxygens (including phenoxy) is 1. The van der Waals surface area contributed by atoms with Gasteiger partial charge in [-0.3, -0.25) is 9.69 Å². The molecule has 2 fully saturated rings. The lowest BCUT2D eigenvalue weighted by Gasteiger charge is -2.40. The molecule has 3 heterocycles. The Kier molecular flexibility index (Phi) is 6.60. The fourth-order valence-corrected chi connectivity index (χ4v) is 5.20. The third-order valence-corrected chi connectivity index (χ3v) is 6.86. The lowest BCUT2D eigenvalue weighted by atomic mass is 9.79. The van der Waals surface area contributed by atoms with E-state index in [1.165, 1.54) is 6.07 Å². The smallest absolute Gasteiger partial charge is 0.224 e. The van der Waals surface area contributed by atoms with Gasteiger partial charge in [-0.25, -0.2) is 9.37 Å². The van der Waals surface area contributed by atoms with E-state index in [0.29, 0.717) is 30.8 Å². The van der Waals surface area contributed by atoms with Gasteiger partial charge in [0.2, 0.25) is 5.91 Å². The Morgan fingerprint density at radius 1 is 1.26 bits per heavy atom. The molecule has 7 heteroatoms. The lowest BCUT2D eigenvalue weighted by molar-refractivity contribution is -0.131. The first kappa shape index (κ1) is 21.8. The molecule has 6 nitrogen and oxygen atoms in total. The number of aromatic nitrogens is 2. The molecule has 1 amide bonds. The van der Waals surface area contributed by atoms with Crippen LogP contribution in [-0.2, 0) is 24.3 Å². The maximum Gasteiger partial charge on any atom is 0.224 e. The minimum atomic E-state index is -0.186. The SMILES string of the molecule is CCc1nccn1CCC(=O)N1CCC2(CCCN(Cc3cc(OC)ccc3F)C2)C1. The van der Waals surface area contributed by atoms with Crippen LogP contribution in [0.25, 0.3) is 0 Å². The van der Waals surface area contributed by atoms with Crippen LogP contribution < -0.4 is 4.74 Å². The van der Waals surface area contributed by atoms with Crippen molar-refractivity contribution in [3.8, 4) is 5.75 Å². The van der Waals surface area contributed by atoms with Gasteiger partial charge in [0.15, 0.2) is 0 Å². The number of amides is 1. The molecule has 0 saturated carbocycles. The summed E-state index contributed by atoms with van der Waals surface area (Å²) in [5, 5.41) is 0. The average molecular weight is 429 g/mol. The van der Waals surface area contributed by atoms with E-state index < -0.39 is 0 Å². The number of hydrogen-bond acceptors (Lipinski definition) is 4. The molecule has 4 rings (SSSR count). The van der Waals surface area contributed by atoms with E-state index in [2.05, 4.69) is 21.4 Å². The van der Waals surface area contributed by atoms with Crippen LogP contribution in [0.3, 0.4) is 0 Å². The van der Waals surface area contributed by atoms with Crippen LogP contribution in [0.15, 0.2) is 30.6 Å². The predicted molar refractivity (Wildman–Crippen MR) is 117 cm³/mol. The number of piperidine rings is 1. The summed E-state index contributed by atoms with van der Waals surface area (Å²) in [7, 11) is 1.60. The molecule has 2 saturated heterocycles. The molecule has 1 aromatic carbocycles. The van der Waals surface area contributed by atoms with E-state index in [1.807, 2.05) is 11.1 Å². The lowest BCUT2D eigenvalue weighted by Crippen LogP contribution is -2.45. The van der Waals surface area contributed by atoms with Gasteiger partial charge in [-0.15, -0.1) is 0 Å². The Bertz CT molecular complexity index is 915. The topological polar surface area (TPSA) is 50.6 Å². The zero-order chi connectivity index (χ0) is 21.8. The summed E-state index contributed by atoms with van der Waals surface area (Å²) in [6.45, 7) is 6.86. The van der Waals surface area contributed by atoms with Crippen molar-refractivity contribution in [2.45, 2.75) is 52.1 Å². The average Bonchev–Trinajstić information content (AvgIpc) is 3.40. The first-order valence-corrected chi connectivity index (χ1v) is 11.3. The fourth-order valence-electron chi connectivity index (χ4n) is 5.20. The Labute approximate surface area is 184 Å². The summed E-state index contributed by atoms with van der Waals surface area (Å²) in [5.41, 5.74) is 0.807. The number of halogens is 1. The van der Waals surface area contributed by atoms with Crippen LogP contribution in [0.2, 0.25) is 0 Å². The Hall–Kier alpha value is -2.41. The van der Waals surface area contributed by atoms with E-state index in [0.717, 1.165) is 57.7 Å². The normalized spacial score (nSPS) is 21.7. The Morgan fingerprint density at radius 2 is 2.13 bits per heavy atom. The maximum atomic E-state index is 14.3. The van der Waals surface area contributed by atoms with Gasteiger partial charge in [-0.05, 0) is 44.0 Å². The second kappa shape index (κ2) is 9.39. The molecule has 1 unspecified atom stereocenters. The van der Waals surface area contributed by atoms with Crippen molar-refractivity contribution >= 4 is 5.91 Å². The highest BCUT2D eigenvalue weighted by atomic mass is 19.1. The van der Waals surface area contributed by atoms with Crippen molar-refractivity contribution < 1.29 is 13.9 Å². The molecule has 2 aliphatic heterocycles. The number of carbonyl (C=O) groups excluding carboxylic acids is 1. The van der Waals surface area contributed by atoms with E-state index in [4.69, 9.17) is 4.74 Å². The number of carbonyl (C=O) groups is 1. The summed E-state index contributed by atoms with van der Waals surface area (Å²) in [4.78, 5) is 21.6. The molecule has 31 heavy (non-hydrogen) atoms. The minimum Gasteiger partial charge on any atom is -0.497 e.